The molecule has 1 saturated carbocycles. The number of hydrogen-bond donors (Lipinski definition) is 1. The molecular weight excluding hydrogens is 328 g/mol. The summed E-state index contributed by atoms with van der Waals surface area (Å²) in [6.45, 7) is 0.657. The molecule has 1 aliphatic carbocycles. The average Bonchev–Trinajstić information content (AvgIpc) is 3.57. The summed E-state index contributed by atoms with van der Waals surface area (Å²) < 4.78 is 11.5. The topological polar surface area (TPSA) is 55.8 Å². The lowest BCUT2D eigenvalue weighted by atomic mass is 10.1. The minimum Gasteiger partial charge on any atom is -0.396 e. The van der Waals surface area contributed by atoms with E-state index in [1.807, 2.05) is 60.7 Å². The van der Waals surface area contributed by atoms with Crippen molar-refractivity contribution in [2.75, 3.05) is 6.61 Å². The van der Waals surface area contributed by atoms with Crippen LogP contribution in [0.1, 0.15) is 36.8 Å². The molecule has 2 aromatic carbocycles. The molecule has 0 aliphatic heterocycles. The van der Waals surface area contributed by atoms with Crippen LogP contribution in [0.4, 0.5) is 0 Å². The Balaban J connectivity index is 0.000000732. The van der Waals surface area contributed by atoms with Crippen LogP contribution in [0.15, 0.2) is 60.7 Å². The summed E-state index contributed by atoms with van der Waals surface area (Å²) in [7, 11) is 0. The third kappa shape index (κ3) is 8.39. The Kier molecular flexibility index (Phi) is 9.65. The second-order valence-electron chi connectivity index (χ2n) is 6.31. The number of ether oxygens (including phenoxy) is 2. The zero-order chi connectivity index (χ0) is 18.5. The van der Waals surface area contributed by atoms with Gasteiger partial charge in [-0.2, -0.15) is 0 Å². The predicted molar refractivity (Wildman–Crippen MR) is 102 cm³/mol. The molecule has 1 fully saturated rings. The normalized spacial score (nSPS) is 14.7. The van der Waals surface area contributed by atoms with Crippen LogP contribution in [-0.4, -0.2) is 30.2 Å². The highest BCUT2D eigenvalue weighted by molar-refractivity contribution is 5.57. The van der Waals surface area contributed by atoms with Gasteiger partial charge in [-0.15, -0.1) is 0 Å². The first-order chi connectivity index (χ1) is 12.8. The predicted octanol–water partition coefficient (Wildman–Crippen LogP) is 3.91. The second kappa shape index (κ2) is 12.4. The van der Waals surface area contributed by atoms with Gasteiger partial charge in [0.25, 0.3) is 0 Å². The van der Waals surface area contributed by atoms with Gasteiger partial charge in [0.05, 0.1) is 19.3 Å². The van der Waals surface area contributed by atoms with Gasteiger partial charge in [0, 0.05) is 6.61 Å². The first-order valence-corrected chi connectivity index (χ1v) is 9.20. The molecule has 3 rings (SSSR count). The third-order valence-corrected chi connectivity index (χ3v) is 3.86. The fourth-order valence-electron chi connectivity index (χ4n) is 2.25. The largest absolute Gasteiger partial charge is 0.396 e. The van der Waals surface area contributed by atoms with Crippen LogP contribution in [0, 0.1) is 0 Å². The number of carbonyl (C=O) groups excluding carboxylic acids is 1. The van der Waals surface area contributed by atoms with Gasteiger partial charge in [-0.25, -0.2) is 0 Å². The van der Waals surface area contributed by atoms with Crippen molar-refractivity contribution in [3.05, 3.63) is 71.8 Å². The maximum Gasteiger partial charge on any atom is 0.151 e. The van der Waals surface area contributed by atoms with Crippen molar-refractivity contribution >= 4 is 6.29 Å². The van der Waals surface area contributed by atoms with Gasteiger partial charge in [-0.05, 0) is 17.5 Å². The maximum atomic E-state index is 11.4. The number of aliphatic hydroxyl groups is 1. The maximum absolute atomic E-state index is 11.4. The van der Waals surface area contributed by atoms with Crippen LogP contribution < -0.4 is 0 Å². The quantitative estimate of drug-likeness (QED) is 0.656. The molecule has 2 aromatic rings. The zero-order valence-corrected chi connectivity index (χ0v) is 15.1. The molecule has 2 atom stereocenters. The summed E-state index contributed by atoms with van der Waals surface area (Å²) in [6.07, 6.45) is 4.42. The lowest BCUT2D eigenvalue weighted by molar-refractivity contribution is -0.134. The first-order valence-electron chi connectivity index (χ1n) is 9.20. The Labute approximate surface area is 155 Å². The Morgan fingerprint density at radius 1 is 0.846 bits per heavy atom. The highest BCUT2D eigenvalue weighted by Crippen LogP contribution is 2.15. The molecule has 1 aliphatic rings. The van der Waals surface area contributed by atoms with Gasteiger partial charge < -0.3 is 19.4 Å². The summed E-state index contributed by atoms with van der Waals surface area (Å²) in [6, 6.07) is 19.4. The van der Waals surface area contributed by atoms with E-state index < -0.39 is 12.2 Å². The lowest BCUT2D eigenvalue weighted by Gasteiger charge is -2.23. The molecule has 0 unspecified atom stereocenters. The van der Waals surface area contributed by atoms with Crippen LogP contribution in [0.5, 0.6) is 0 Å². The van der Waals surface area contributed by atoms with E-state index >= 15 is 0 Å². The van der Waals surface area contributed by atoms with E-state index in [4.69, 9.17) is 9.47 Å². The summed E-state index contributed by atoms with van der Waals surface area (Å²) in [5.74, 6) is 0. The van der Waals surface area contributed by atoms with E-state index in [1.165, 1.54) is 19.3 Å². The highest BCUT2D eigenvalue weighted by atomic mass is 16.5. The number of rotatable bonds is 10. The van der Waals surface area contributed by atoms with E-state index in [1.54, 1.807) is 0 Å². The summed E-state index contributed by atoms with van der Waals surface area (Å²) in [5, 5.41) is 9.21. The zero-order valence-electron chi connectivity index (χ0n) is 15.1. The molecule has 0 heterocycles. The van der Waals surface area contributed by atoms with Gasteiger partial charge >= 0.3 is 0 Å². The van der Waals surface area contributed by atoms with Crippen LogP contribution in [0.2, 0.25) is 0 Å². The van der Waals surface area contributed by atoms with Gasteiger partial charge in [-0.3, -0.25) is 0 Å². The fraction of sp³-hybridized carbons (Fsp3) is 0.409. The molecule has 0 saturated heterocycles. The molecule has 1 N–H and O–H groups in total. The Morgan fingerprint density at radius 2 is 1.35 bits per heavy atom. The second-order valence-corrected chi connectivity index (χ2v) is 6.31. The number of benzene rings is 2. The van der Waals surface area contributed by atoms with Crippen molar-refractivity contribution in [2.45, 2.75) is 51.1 Å². The fourth-order valence-corrected chi connectivity index (χ4v) is 2.25. The van der Waals surface area contributed by atoms with E-state index in [9.17, 15) is 9.90 Å². The van der Waals surface area contributed by atoms with Crippen LogP contribution in [0.25, 0.3) is 0 Å². The number of hydrogen-bond acceptors (Lipinski definition) is 4. The Morgan fingerprint density at radius 3 is 1.77 bits per heavy atom. The number of aldehydes is 1. The average molecular weight is 356 g/mol. The Bertz CT molecular complexity index is 595. The van der Waals surface area contributed by atoms with Crippen molar-refractivity contribution < 1.29 is 19.4 Å². The smallest absolute Gasteiger partial charge is 0.151 e. The van der Waals surface area contributed by atoms with Crippen LogP contribution in [0.3, 0.4) is 0 Å². The first kappa shape index (κ1) is 20.3. The molecule has 4 nitrogen and oxygen atoms in total. The highest BCUT2D eigenvalue weighted by Gasteiger charge is 2.22. The molecule has 0 aromatic heterocycles. The van der Waals surface area contributed by atoms with Crippen molar-refractivity contribution in [3.63, 3.8) is 0 Å². The molecule has 0 spiro atoms. The standard InChI is InChI=1S/C19H22O4.C3H6/c20-12-11-18(22-14-16-7-3-1-4-8-16)19(13-21)23-15-17-9-5-2-6-10-17;1-2-3-1/h1-10,13,18-20H,11-12,14-15H2;1-3H2/t18-,19+;/m0./s1. The van der Waals surface area contributed by atoms with E-state index in [0.29, 0.717) is 19.6 Å². The van der Waals surface area contributed by atoms with Crippen molar-refractivity contribution in [1.82, 2.24) is 0 Å². The molecule has 0 amide bonds. The van der Waals surface area contributed by atoms with Crippen LogP contribution in [-0.2, 0) is 27.5 Å². The van der Waals surface area contributed by atoms with Crippen molar-refractivity contribution in [2.24, 2.45) is 0 Å². The minimum atomic E-state index is -0.703. The molecule has 0 radical (unpaired) electrons. The van der Waals surface area contributed by atoms with Gasteiger partial charge in [0.15, 0.2) is 6.29 Å². The SMILES string of the molecule is C1CC1.O=C[C@@H](OCc1ccccc1)[C@H](CCO)OCc1ccccc1. The molecule has 0 bridgehead atoms. The van der Waals surface area contributed by atoms with E-state index in [2.05, 4.69) is 0 Å². The molecule has 26 heavy (non-hydrogen) atoms. The van der Waals surface area contributed by atoms with Crippen molar-refractivity contribution in [1.29, 1.82) is 0 Å². The van der Waals surface area contributed by atoms with Crippen molar-refractivity contribution in [3.8, 4) is 0 Å². The minimum absolute atomic E-state index is 0.0571. The summed E-state index contributed by atoms with van der Waals surface area (Å²) in [5.41, 5.74) is 2.01. The molecule has 140 valence electrons. The van der Waals surface area contributed by atoms with E-state index in [-0.39, 0.29) is 6.61 Å². The van der Waals surface area contributed by atoms with Crippen LogP contribution >= 0.6 is 0 Å². The molecular formula is C22H28O4. The number of aliphatic hydroxyl groups excluding tert-OH is 1. The summed E-state index contributed by atoms with van der Waals surface area (Å²) >= 11 is 0. The van der Waals surface area contributed by atoms with E-state index in [0.717, 1.165) is 17.4 Å². The van der Waals surface area contributed by atoms with Gasteiger partial charge in [0.2, 0.25) is 0 Å². The Hall–Kier alpha value is -2.01. The molecule has 4 heteroatoms. The van der Waals surface area contributed by atoms with Gasteiger partial charge in [-0.1, -0.05) is 79.9 Å². The number of carbonyl (C=O) groups is 1. The monoisotopic (exact) mass is 356 g/mol. The van der Waals surface area contributed by atoms with Gasteiger partial charge in [0.1, 0.15) is 6.10 Å². The third-order valence-electron chi connectivity index (χ3n) is 3.86. The lowest BCUT2D eigenvalue weighted by Crippen LogP contribution is -2.33. The summed E-state index contributed by atoms with van der Waals surface area (Å²) in [4.78, 5) is 11.4.